The number of benzene rings is 1. The highest BCUT2D eigenvalue weighted by Gasteiger charge is 2.21. The van der Waals surface area contributed by atoms with Gasteiger partial charge in [0.05, 0.1) is 28.3 Å². The van der Waals surface area contributed by atoms with E-state index in [2.05, 4.69) is 9.97 Å². The first-order valence-electron chi connectivity index (χ1n) is 7.41. The molecule has 0 fully saturated rings. The zero-order valence-corrected chi connectivity index (χ0v) is 15.1. The van der Waals surface area contributed by atoms with Crippen LogP contribution in [0.4, 0.5) is 11.4 Å². The molecule has 3 aromatic rings. The number of aromatic nitrogens is 2. The molecule has 2 heterocycles. The van der Waals surface area contributed by atoms with Crippen molar-refractivity contribution in [3.05, 3.63) is 45.1 Å². The lowest BCUT2D eigenvalue weighted by Gasteiger charge is -2.06. The van der Waals surface area contributed by atoms with Gasteiger partial charge in [0.1, 0.15) is 15.5 Å². The Morgan fingerprint density at radius 1 is 1.44 bits per heavy atom. The molecule has 0 spiro atoms. The Hall–Kier alpha value is -2.65. The molecular formula is C16H14N4O3S2. The summed E-state index contributed by atoms with van der Waals surface area (Å²) in [5, 5.41) is 12.0. The van der Waals surface area contributed by atoms with E-state index in [-0.39, 0.29) is 5.69 Å². The van der Waals surface area contributed by atoms with E-state index in [9.17, 15) is 10.1 Å². The summed E-state index contributed by atoms with van der Waals surface area (Å²) in [6, 6.07) is 6.27. The molecule has 1 aromatic carbocycles. The number of hydrogen-bond acceptors (Lipinski definition) is 8. The normalized spacial score (nSPS) is 10.8. The van der Waals surface area contributed by atoms with Crippen LogP contribution >= 0.6 is 23.6 Å². The zero-order chi connectivity index (χ0) is 18.1. The second kappa shape index (κ2) is 6.69. The van der Waals surface area contributed by atoms with E-state index in [1.807, 2.05) is 6.92 Å². The number of thiophene rings is 1. The number of aryl methyl sites for hydroxylation is 1. The van der Waals surface area contributed by atoms with Crippen LogP contribution < -0.4 is 5.73 Å². The lowest BCUT2D eigenvalue weighted by atomic mass is 10.1. The van der Waals surface area contributed by atoms with Crippen molar-refractivity contribution in [2.75, 3.05) is 12.3 Å². The molecule has 25 heavy (non-hydrogen) atoms. The van der Waals surface area contributed by atoms with Crippen LogP contribution in [0, 0.1) is 17.0 Å². The van der Waals surface area contributed by atoms with Crippen molar-refractivity contribution in [3.8, 4) is 11.3 Å². The number of rotatable bonds is 4. The molecule has 0 bridgehead atoms. The number of anilines is 1. The van der Waals surface area contributed by atoms with Crippen LogP contribution in [0.5, 0.6) is 0 Å². The van der Waals surface area contributed by atoms with Crippen molar-refractivity contribution in [3.63, 3.8) is 0 Å². The van der Waals surface area contributed by atoms with Gasteiger partial charge in [0, 0.05) is 17.7 Å². The van der Waals surface area contributed by atoms with E-state index in [1.165, 1.54) is 23.5 Å². The molecule has 2 aromatic heterocycles. The third kappa shape index (κ3) is 3.15. The second-order valence-corrected chi connectivity index (χ2v) is 6.54. The molecule has 0 amide bonds. The molecule has 3 rings (SSSR count). The first-order chi connectivity index (χ1) is 11.9. The molecule has 0 saturated heterocycles. The maximum absolute atomic E-state index is 11.1. The summed E-state index contributed by atoms with van der Waals surface area (Å²) in [6.45, 7) is 4.04. The van der Waals surface area contributed by atoms with Gasteiger partial charge in [0.15, 0.2) is 0 Å². The molecule has 0 aliphatic heterocycles. The SMILES string of the molecule is CCOC(=S)c1sc2nc(C)nc(-c3cccc([N+](=O)[O-])c3)c2c1N. The highest BCUT2D eigenvalue weighted by Crippen LogP contribution is 2.39. The van der Waals surface area contributed by atoms with Crippen molar-refractivity contribution >= 4 is 50.2 Å². The number of nitrogen functional groups attached to an aromatic ring is 1. The number of nitrogens with zero attached hydrogens (tertiary/aromatic N) is 3. The Balaban J connectivity index is 2.26. The van der Waals surface area contributed by atoms with Crippen LogP contribution in [0.3, 0.4) is 0 Å². The number of hydrogen-bond donors (Lipinski definition) is 1. The number of ether oxygens (including phenoxy) is 1. The predicted molar refractivity (Wildman–Crippen MR) is 102 cm³/mol. The van der Waals surface area contributed by atoms with Gasteiger partial charge in [-0.2, -0.15) is 0 Å². The molecule has 0 radical (unpaired) electrons. The van der Waals surface area contributed by atoms with Crippen molar-refractivity contribution in [1.82, 2.24) is 9.97 Å². The monoisotopic (exact) mass is 374 g/mol. The first kappa shape index (κ1) is 17.2. The summed E-state index contributed by atoms with van der Waals surface area (Å²) < 4.78 is 5.39. The van der Waals surface area contributed by atoms with Crippen LogP contribution in [-0.4, -0.2) is 26.5 Å². The number of fused-ring (bicyclic) bond motifs is 1. The van der Waals surface area contributed by atoms with Gasteiger partial charge in [-0.15, -0.1) is 11.3 Å². The minimum atomic E-state index is -0.443. The third-order valence-electron chi connectivity index (χ3n) is 3.49. The Bertz CT molecular complexity index is 1000. The molecule has 9 heteroatoms. The summed E-state index contributed by atoms with van der Waals surface area (Å²) in [7, 11) is 0. The number of thiocarbonyl (C=S) groups is 1. The highest BCUT2D eigenvalue weighted by atomic mass is 32.1. The average Bonchev–Trinajstić information content (AvgIpc) is 2.91. The molecule has 0 atom stereocenters. The molecular weight excluding hydrogens is 360 g/mol. The maximum atomic E-state index is 11.1. The minimum absolute atomic E-state index is 0.0132. The van der Waals surface area contributed by atoms with E-state index in [0.29, 0.717) is 49.5 Å². The van der Waals surface area contributed by atoms with Crippen molar-refractivity contribution < 1.29 is 9.66 Å². The van der Waals surface area contributed by atoms with Crippen LogP contribution in [0.2, 0.25) is 0 Å². The largest absolute Gasteiger partial charge is 0.483 e. The Kier molecular flexibility index (Phi) is 4.60. The number of nitro benzene ring substituents is 1. The van der Waals surface area contributed by atoms with Crippen LogP contribution in [0.1, 0.15) is 17.6 Å². The molecule has 0 saturated carbocycles. The molecule has 0 aliphatic carbocycles. The van der Waals surface area contributed by atoms with Gasteiger partial charge in [-0.05, 0) is 26.1 Å². The zero-order valence-electron chi connectivity index (χ0n) is 13.5. The van der Waals surface area contributed by atoms with E-state index in [1.54, 1.807) is 19.1 Å². The summed E-state index contributed by atoms with van der Waals surface area (Å²) in [6.07, 6.45) is 0. The highest BCUT2D eigenvalue weighted by molar-refractivity contribution is 7.81. The fourth-order valence-corrected chi connectivity index (χ4v) is 3.84. The molecule has 0 aliphatic rings. The van der Waals surface area contributed by atoms with Gasteiger partial charge >= 0.3 is 0 Å². The van der Waals surface area contributed by atoms with Crippen molar-refractivity contribution in [1.29, 1.82) is 0 Å². The minimum Gasteiger partial charge on any atom is -0.483 e. The summed E-state index contributed by atoms with van der Waals surface area (Å²) in [4.78, 5) is 20.8. The summed E-state index contributed by atoms with van der Waals surface area (Å²) >= 11 is 6.60. The van der Waals surface area contributed by atoms with Gasteiger partial charge in [-0.1, -0.05) is 12.1 Å². The maximum Gasteiger partial charge on any atom is 0.270 e. The Morgan fingerprint density at radius 2 is 2.20 bits per heavy atom. The van der Waals surface area contributed by atoms with E-state index < -0.39 is 4.92 Å². The summed E-state index contributed by atoms with van der Waals surface area (Å²) in [5.74, 6) is 0.545. The summed E-state index contributed by atoms with van der Waals surface area (Å²) in [5.41, 5.74) is 7.85. The standard InChI is InChI=1S/C16H14N4O3S2/c1-3-23-16(24)14-12(17)11-13(18-8(2)19-15(11)25-14)9-5-4-6-10(7-9)20(21)22/h4-7H,3,17H2,1-2H3. The van der Waals surface area contributed by atoms with Gasteiger partial charge in [0.25, 0.3) is 5.69 Å². The molecule has 2 N–H and O–H groups in total. The molecule has 128 valence electrons. The Morgan fingerprint density at radius 3 is 2.88 bits per heavy atom. The van der Waals surface area contributed by atoms with Crippen molar-refractivity contribution in [2.24, 2.45) is 0 Å². The number of nitro groups is 1. The topological polar surface area (TPSA) is 104 Å². The van der Waals surface area contributed by atoms with E-state index in [0.717, 1.165) is 0 Å². The van der Waals surface area contributed by atoms with Gasteiger partial charge in [-0.3, -0.25) is 10.1 Å². The second-order valence-electron chi connectivity index (χ2n) is 5.17. The lowest BCUT2D eigenvalue weighted by molar-refractivity contribution is -0.384. The van der Waals surface area contributed by atoms with E-state index in [4.69, 9.17) is 22.7 Å². The fourth-order valence-electron chi connectivity index (χ4n) is 2.45. The lowest BCUT2D eigenvalue weighted by Crippen LogP contribution is -2.03. The van der Waals surface area contributed by atoms with Crippen LogP contribution in [-0.2, 0) is 4.74 Å². The smallest absolute Gasteiger partial charge is 0.270 e. The number of nitrogens with two attached hydrogens (primary N) is 1. The quantitative estimate of drug-likeness (QED) is 0.420. The molecule has 7 nitrogen and oxygen atoms in total. The number of non-ortho nitro benzene ring substituents is 1. The fraction of sp³-hybridized carbons (Fsp3) is 0.188. The molecule has 0 unspecified atom stereocenters. The van der Waals surface area contributed by atoms with Crippen LogP contribution in [0.15, 0.2) is 24.3 Å². The predicted octanol–water partition coefficient (Wildman–Crippen LogP) is 3.87. The Labute approximate surface area is 152 Å². The first-order valence-corrected chi connectivity index (χ1v) is 8.63. The van der Waals surface area contributed by atoms with Gasteiger partial charge in [-0.25, -0.2) is 9.97 Å². The average molecular weight is 374 g/mol. The van der Waals surface area contributed by atoms with Gasteiger partial charge in [0.2, 0.25) is 5.05 Å². The van der Waals surface area contributed by atoms with Crippen LogP contribution in [0.25, 0.3) is 21.5 Å². The van der Waals surface area contributed by atoms with Crippen molar-refractivity contribution in [2.45, 2.75) is 13.8 Å². The van der Waals surface area contributed by atoms with Gasteiger partial charge < -0.3 is 10.5 Å². The van der Waals surface area contributed by atoms with E-state index >= 15 is 0 Å². The third-order valence-corrected chi connectivity index (χ3v) is 5.04.